The van der Waals surface area contributed by atoms with Gasteiger partial charge < -0.3 is 9.80 Å². The van der Waals surface area contributed by atoms with E-state index in [0.717, 1.165) is 61.6 Å². The van der Waals surface area contributed by atoms with Gasteiger partial charge in [0.25, 0.3) is 0 Å². The van der Waals surface area contributed by atoms with Crippen molar-refractivity contribution in [3.63, 3.8) is 0 Å². The molecule has 7 heteroatoms. The van der Waals surface area contributed by atoms with E-state index in [1.54, 1.807) is 0 Å². The van der Waals surface area contributed by atoms with Crippen LogP contribution in [0.15, 0.2) is 34.1 Å². The quantitative estimate of drug-likeness (QED) is 0.516. The van der Waals surface area contributed by atoms with E-state index in [4.69, 9.17) is 0 Å². The molecule has 0 fully saturated rings. The van der Waals surface area contributed by atoms with Crippen LogP contribution < -0.4 is 10.6 Å². The summed E-state index contributed by atoms with van der Waals surface area (Å²) < 4.78 is 1.86. The van der Waals surface area contributed by atoms with Crippen molar-refractivity contribution in [2.24, 2.45) is 0 Å². The normalized spacial score (nSPS) is 15.1. The lowest BCUT2D eigenvalue weighted by Crippen LogP contribution is -2.31. The summed E-state index contributed by atoms with van der Waals surface area (Å²) in [6, 6.07) is 8.08. The van der Waals surface area contributed by atoms with Gasteiger partial charge in [-0.2, -0.15) is 4.98 Å². The van der Waals surface area contributed by atoms with Crippen molar-refractivity contribution in [1.29, 1.82) is 0 Å². The fraction of sp³-hybridized carbons (Fsp3) is 0.500. The van der Waals surface area contributed by atoms with Gasteiger partial charge in [0, 0.05) is 30.0 Å². The SMILES string of the molecule is CN(C)CCCn1c2c(c(SCC(=O)N3CCc4ccccc43)nc1=O)CCC2. The number of hydrogen-bond donors (Lipinski definition) is 0. The summed E-state index contributed by atoms with van der Waals surface area (Å²) in [6.45, 7) is 2.39. The minimum Gasteiger partial charge on any atom is -0.311 e. The fourth-order valence-electron chi connectivity index (χ4n) is 4.29. The summed E-state index contributed by atoms with van der Waals surface area (Å²) in [4.78, 5) is 33.9. The second kappa shape index (κ2) is 8.71. The van der Waals surface area contributed by atoms with Gasteiger partial charge >= 0.3 is 5.69 Å². The highest BCUT2D eigenvalue weighted by molar-refractivity contribution is 8.00. The van der Waals surface area contributed by atoms with Crippen LogP contribution in [0.25, 0.3) is 0 Å². The van der Waals surface area contributed by atoms with Gasteiger partial charge in [0.1, 0.15) is 5.03 Å². The van der Waals surface area contributed by atoms with Crippen LogP contribution in [0.2, 0.25) is 0 Å². The van der Waals surface area contributed by atoms with Crippen molar-refractivity contribution in [3.05, 3.63) is 51.6 Å². The molecule has 0 spiro atoms. The summed E-state index contributed by atoms with van der Waals surface area (Å²) in [5.74, 6) is 0.404. The van der Waals surface area contributed by atoms with E-state index in [0.29, 0.717) is 12.3 Å². The molecule has 1 aliphatic heterocycles. The van der Waals surface area contributed by atoms with E-state index in [2.05, 4.69) is 16.0 Å². The lowest BCUT2D eigenvalue weighted by Gasteiger charge is -2.18. The molecule has 0 N–H and O–H groups in total. The van der Waals surface area contributed by atoms with E-state index in [1.807, 2.05) is 41.8 Å². The minimum atomic E-state index is -0.175. The number of aromatic nitrogens is 2. The molecular weight excluding hydrogens is 384 g/mol. The average molecular weight is 413 g/mol. The number of carbonyl (C=O) groups excluding carboxylic acids is 1. The van der Waals surface area contributed by atoms with Crippen LogP contribution in [0.4, 0.5) is 5.69 Å². The molecule has 2 aromatic rings. The number of para-hydroxylation sites is 1. The molecule has 1 aromatic carbocycles. The monoisotopic (exact) mass is 412 g/mol. The van der Waals surface area contributed by atoms with Gasteiger partial charge in [-0.15, -0.1) is 0 Å². The maximum Gasteiger partial charge on any atom is 0.348 e. The first kappa shape index (κ1) is 20.2. The zero-order chi connectivity index (χ0) is 20.4. The Balaban J connectivity index is 1.47. The molecule has 1 amide bonds. The molecule has 1 aliphatic carbocycles. The molecule has 6 nitrogen and oxygen atoms in total. The van der Waals surface area contributed by atoms with Gasteiger partial charge in [0.15, 0.2) is 0 Å². The molecule has 1 aromatic heterocycles. The smallest absolute Gasteiger partial charge is 0.311 e. The predicted molar refractivity (Wildman–Crippen MR) is 117 cm³/mol. The molecule has 2 aliphatic rings. The van der Waals surface area contributed by atoms with Crippen LogP contribution in [0.1, 0.15) is 29.7 Å². The summed E-state index contributed by atoms with van der Waals surface area (Å²) in [5, 5.41) is 0.757. The first-order valence-corrected chi connectivity index (χ1v) is 11.3. The molecule has 154 valence electrons. The molecule has 0 bridgehead atoms. The highest BCUT2D eigenvalue weighted by atomic mass is 32.2. The third kappa shape index (κ3) is 4.26. The number of hydrogen-bond acceptors (Lipinski definition) is 5. The van der Waals surface area contributed by atoms with Crippen LogP contribution in [-0.4, -0.2) is 53.3 Å². The summed E-state index contributed by atoms with van der Waals surface area (Å²) >= 11 is 1.42. The van der Waals surface area contributed by atoms with E-state index in [1.165, 1.54) is 22.9 Å². The number of carbonyl (C=O) groups is 1. The van der Waals surface area contributed by atoms with Crippen LogP contribution in [0, 0.1) is 0 Å². The second-order valence-corrected chi connectivity index (χ2v) is 8.96. The highest BCUT2D eigenvalue weighted by Gasteiger charge is 2.26. The van der Waals surface area contributed by atoms with Gasteiger partial charge in [-0.05, 0) is 64.4 Å². The molecule has 4 rings (SSSR count). The molecule has 2 heterocycles. The third-order valence-electron chi connectivity index (χ3n) is 5.71. The molecule has 0 atom stereocenters. The summed E-state index contributed by atoms with van der Waals surface area (Å²) in [7, 11) is 4.09. The van der Waals surface area contributed by atoms with Crippen molar-refractivity contribution in [1.82, 2.24) is 14.5 Å². The Bertz CT molecular complexity index is 970. The molecule has 0 saturated heterocycles. The number of fused-ring (bicyclic) bond motifs is 2. The molecule has 0 saturated carbocycles. The number of amides is 1. The van der Waals surface area contributed by atoms with E-state index in [-0.39, 0.29) is 11.6 Å². The van der Waals surface area contributed by atoms with Gasteiger partial charge in [-0.25, -0.2) is 4.79 Å². The Kier molecular flexibility index (Phi) is 6.06. The van der Waals surface area contributed by atoms with Crippen molar-refractivity contribution < 1.29 is 4.79 Å². The fourth-order valence-corrected chi connectivity index (χ4v) is 5.24. The predicted octanol–water partition coefficient (Wildman–Crippen LogP) is 2.37. The number of nitrogens with zero attached hydrogens (tertiary/aromatic N) is 4. The van der Waals surface area contributed by atoms with Gasteiger partial charge in [0.05, 0.1) is 5.75 Å². The van der Waals surface area contributed by atoms with Gasteiger partial charge in [-0.1, -0.05) is 30.0 Å². The number of rotatable bonds is 7. The summed E-state index contributed by atoms with van der Waals surface area (Å²) in [6.07, 6.45) is 4.76. The van der Waals surface area contributed by atoms with Crippen molar-refractivity contribution in [3.8, 4) is 0 Å². The average Bonchev–Trinajstić information content (AvgIpc) is 3.35. The Morgan fingerprint density at radius 1 is 1.21 bits per heavy atom. The van der Waals surface area contributed by atoms with Crippen LogP contribution >= 0.6 is 11.8 Å². The molecule has 0 radical (unpaired) electrons. The second-order valence-electron chi connectivity index (χ2n) is 8.00. The molecule has 29 heavy (non-hydrogen) atoms. The van der Waals surface area contributed by atoms with Crippen molar-refractivity contribution >= 4 is 23.4 Å². The zero-order valence-electron chi connectivity index (χ0n) is 17.2. The topological polar surface area (TPSA) is 58.4 Å². The molecular formula is C22H28N4O2S. The first-order valence-electron chi connectivity index (χ1n) is 10.3. The maximum absolute atomic E-state index is 12.8. The number of thioether (sulfide) groups is 1. The minimum absolute atomic E-state index is 0.0867. The lowest BCUT2D eigenvalue weighted by molar-refractivity contribution is -0.116. The van der Waals surface area contributed by atoms with Crippen molar-refractivity contribution in [2.45, 2.75) is 43.7 Å². The maximum atomic E-state index is 12.8. The van der Waals surface area contributed by atoms with Crippen LogP contribution in [0.3, 0.4) is 0 Å². The van der Waals surface area contributed by atoms with E-state index >= 15 is 0 Å². The Morgan fingerprint density at radius 2 is 2.03 bits per heavy atom. The highest BCUT2D eigenvalue weighted by Crippen LogP contribution is 2.31. The Morgan fingerprint density at radius 3 is 2.86 bits per heavy atom. The van der Waals surface area contributed by atoms with Gasteiger partial charge in [0.2, 0.25) is 5.91 Å². The standard InChI is InChI=1S/C22H28N4O2S/c1-24(2)12-6-13-26-19-10-5-8-17(19)21(23-22(26)28)29-15-20(27)25-14-11-16-7-3-4-9-18(16)25/h3-4,7,9H,5-6,8,10-15H2,1-2H3. The zero-order valence-corrected chi connectivity index (χ0v) is 18.0. The Labute approximate surface area is 175 Å². The largest absolute Gasteiger partial charge is 0.348 e. The lowest BCUT2D eigenvalue weighted by atomic mass is 10.2. The summed E-state index contributed by atoms with van der Waals surface area (Å²) in [5.41, 5.74) is 4.38. The Hall–Kier alpha value is -2.12. The van der Waals surface area contributed by atoms with Crippen molar-refractivity contribution in [2.75, 3.05) is 37.8 Å². The number of benzene rings is 1. The van der Waals surface area contributed by atoms with Gasteiger partial charge in [-0.3, -0.25) is 9.36 Å². The van der Waals surface area contributed by atoms with Crippen LogP contribution in [-0.2, 0) is 30.6 Å². The van der Waals surface area contributed by atoms with E-state index < -0.39 is 0 Å². The third-order valence-corrected chi connectivity index (χ3v) is 6.71. The van der Waals surface area contributed by atoms with Crippen LogP contribution in [0.5, 0.6) is 0 Å². The molecule has 0 unspecified atom stereocenters. The first-order chi connectivity index (χ1) is 14.0. The number of anilines is 1. The van der Waals surface area contributed by atoms with E-state index in [9.17, 15) is 9.59 Å².